The van der Waals surface area contributed by atoms with Gasteiger partial charge in [0.2, 0.25) is 0 Å². The highest BCUT2D eigenvalue weighted by atomic mass is 35.5. The molecule has 0 unspecified atom stereocenters. The van der Waals surface area contributed by atoms with Crippen LogP contribution >= 0.6 is 46.1 Å². The molecule has 2 aromatic rings. The van der Waals surface area contributed by atoms with E-state index in [0.29, 0.717) is 44.8 Å². The van der Waals surface area contributed by atoms with E-state index in [4.69, 9.17) is 34.8 Å². The molecule has 2 heterocycles. The van der Waals surface area contributed by atoms with Crippen LogP contribution in [0, 0.1) is 0 Å². The molecule has 0 atom stereocenters. The van der Waals surface area contributed by atoms with Crippen molar-refractivity contribution in [3.05, 3.63) is 50.3 Å². The van der Waals surface area contributed by atoms with Gasteiger partial charge in [0.25, 0.3) is 10.0 Å². The molecule has 0 spiro atoms. The lowest BCUT2D eigenvalue weighted by Gasteiger charge is -2.33. The highest BCUT2D eigenvalue weighted by molar-refractivity contribution is 7.91. The third-order valence-corrected chi connectivity index (χ3v) is 8.20. The van der Waals surface area contributed by atoms with Crippen molar-refractivity contribution >= 4 is 56.2 Å². The van der Waals surface area contributed by atoms with Crippen LogP contribution in [0.4, 0.5) is 0 Å². The largest absolute Gasteiger partial charge is 0.296 e. The predicted molar refractivity (Wildman–Crippen MR) is 99.8 cm³/mol. The summed E-state index contributed by atoms with van der Waals surface area (Å²) in [5.41, 5.74) is 1.06. The Balaban J connectivity index is 1.62. The van der Waals surface area contributed by atoms with Crippen LogP contribution in [-0.4, -0.2) is 43.8 Å². The Labute approximate surface area is 160 Å². The van der Waals surface area contributed by atoms with E-state index >= 15 is 0 Å². The normalized spacial score (nSPS) is 17.3. The lowest BCUT2D eigenvalue weighted by Crippen LogP contribution is -2.48. The Morgan fingerprint density at radius 1 is 0.958 bits per heavy atom. The minimum absolute atomic E-state index is 0.297. The number of nitrogens with zero attached hydrogens (tertiary/aromatic N) is 2. The van der Waals surface area contributed by atoms with Crippen molar-refractivity contribution in [1.82, 2.24) is 9.21 Å². The zero-order valence-corrected chi connectivity index (χ0v) is 16.5. The summed E-state index contributed by atoms with van der Waals surface area (Å²) >= 11 is 18.9. The van der Waals surface area contributed by atoms with E-state index in [2.05, 4.69) is 4.90 Å². The van der Waals surface area contributed by atoms with Gasteiger partial charge in [-0.05, 0) is 29.8 Å². The molecule has 1 aliphatic rings. The van der Waals surface area contributed by atoms with Gasteiger partial charge >= 0.3 is 0 Å². The van der Waals surface area contributed by atoms with Crippen molar-refractivity contribution in [1.29, 1.82) is 0 Å². The summed E-state index contributed by atoms with van der Waals surface area (Å²) in [6.45, 7) is 2.96. The van der Waals surface area contributed by atoms with E-state index in [0.717, 1.165) is 23.4 Å². The zero-order chi connectivity index (χ0) is 17.3. The SMILES string of the molecule is O=S(=O)(c1ccc(Cl)s1)N1CCN(Cc2ccc(Cl)c(Cl)c2)CC1. The second-order valence-corrected chi connectivity index (χ2v) is 10.2. The lowest BCUT2D eigenvalue weighted by molar-refractivity contribution is 0.182. The first-order chi connectivity index (χ1) is 11.4. The number of hydrogen-bond donors (Lipinski definition) is 0. The van der Waals surface area contributed by atoms with Gasteiger partial charge in [0.1, 0.15) is 4.21 Å². The minimum Gasteiger partial charge on any atom is -0.296 e. The monoisotopic (exact) mass is 424 g/mol. The highest BCUT2D eigenvalue weighted by Crippen LogP contribution is 2.29. The van der Waals surface area contributed by atoms with Gasteiger partial charge in [0.15, 0.2) is 0 Å². The summed E-state index contributed by atoms with van der Waals surface area (Å²) < 4.78 is 27.4. The molecule has 3 rings (SSSR count). The van der Waals surface area contributed by atoms with Gasteiger partial charge in [-0.25, -0.2) is 8.42 Å². The Kier molecular flexibility index (Phi) is 5.76. The molecule has 1 fully saturated rings. The quantitative estimate of drug-likeness (QED) is 0.736. The number of rotatable bonds is 4. The Morgan fingerprint density at radius 3 is 2.25 bits per heavy atom. The second kappa shape index (κ2) is 7.50. The van der Waals surface area contributed by atoms with Crippen LogP contribution in [0.1, 0.15) is 5.56 Å². The van der Waals surface area contributed by atoms with Crippen molar-refractivity contribution in [2.45, 2.75) is 10.8 Å². The standard InChI is InChI=1S/C15H15Cl3N2O2S2/c16-12-2-1-11(9-13(12)17)10-19-5-7-20(8-6-19)24(21,22)15-4-3-14(18)23-15/h1-4,9H,5-8,10H2. The van der Waals surface area contributed by atoms with E-state index < -0.39 is 10.0 Å². The molecule has 1 aromatic heterocycles. The van der Waals surface area contributed by atoms with E-state index in [-0.39, 0.29) is 0 Å². The summed E-state index contributed by atoms with van der Waals surface area (Å²) in [6, 6.07) is 8.73. The molecule has 0 N–H and O–H groups in total. The molecule has 1 aliphatic heterocycles. The molecule has 0 bridgehead atoms. The molecule has 130 valence electrons. The molecule has 1 saturated heterocycles. The maximum Gasteiger partial charge on any atom is 0.252 e. The number of halogens is 3. The molecular weight excluding hydrogens is 411 g/mol. The Hall–Kier alpha value is -0.340. The first kappa shape index (κ1) is 18.5. The first-order valence-electron chi connectivity index (χ1n) is 7.28. The van der Waals surface area contributed by atoms with Crippen LogP contribution in [-0.2, 0) is 16.6 Å². The van der Waals surface area contributed by atoms with Gasteiger partial charge in [0.05, 0.1) is 14.4 Å². The summed E-state index contributed by atoms with van der Waals surface area (Å²) in [4.78, 5) is 2.20. The van der Waals surface area contributed by atoms with Crippen molar-refractivity contribution in [2.75, 3.05) is 26.2 Å². The van der Waals surface area contributed by atoms with Gasteiger partial charge < -0.3 is 0 Å². The van der Waals surface area contributed by atoms with E-state index in [1.54, 1.807) is 18.2 Å². The molecule has 0 amide bonds. The second-order valence-electron chi connectivity index (χ2n) is 5.49. The number of piperazine rings is 1. The van der Waals surface area contributed by atoms with Gasteiger partial charge in [-0.3, -0.25) is 4.90 Å². The smallest absolute Gasteiger partial charge is 0.252 e. The topological polar surface area (TPSA) is 40.6 Å². The van der Waals surface area contributed by atoms with Crippen LogP contribution < -0.4 is 0 Å². The fraction of sp³-hybridized carbons (Fsp3) is 0.333. The molecule has 0 radical (unpaired) electrons. The van der Waals surface area contributed by atoms with Gasteiger partial charge in [-0.2, -0.15) is 4.31 Å². The Morgan fingerprint density at radius 2 is 1.67 bits per heavy atom. The van der Waals surface area contributed by atoms with Crippen LogP contribution in [0.15, 0.2) is 34.5 Å². The van der Waals surface area contributed by atoms with Crippen LogP contribution in [0.2, 0.25) is 14.4 Å². The van der Waals surface area contributed by atoms with E-state index in [9.17, 15) is 8.42 Å². The average molecular weight is 426 g/mol. The highest BCUT2D eigenvalue weighted by Gasteiger charge is 2.29. The van der Waals surface area contributed by atoms with E-state index in [1.807, 2.05) is 12.1 Å². The first-order valence-corrected chi connectivity index (χ1v) is 10.7. The van der Waals surface area contributed by atoms with Crippen LogP contribution in [0.25, 0.3) is 0 Å². The number of thiophene rings is 1. The predicted octanol–water partition coefficient (Wildman–Crippen LogP) is 4.21. The summed E-state index contributed by atoms with van der Waals surface area (Å²) in [6.07, 6.45) is 0. The van der Waals surface area contributed by atoms with Gasteiger partial charge in [-0.15, -0.1) is 11.3 Å². The molecule has 9 heteroatoms. The summed E-state index contributed by atoms with van der Waals surface area (Å²) in [7, 11) is -3.45. The third kappa shape index (κ3) is 4.07. The van der Waals surface area contributed by atoms with Crippen molar-refractivity contribution in [3.63, 3.8) is 0 Å². The molecule has 1 aromatic carbocycles. The molecule has 4 nitrogen and oxygen atoms in total. The number of benzene rings is 1. The molecule has 24 heavy (non-hydrogen) atoms. The molecule has 0 aliphatic carbocycles. The third-order valence-electron chi connectivity index (χ3n) is 3.86. The van der Waals surface area contributed by atoms with E-state index in [1.165, 1.54) is 4.31 Å². The van der Waals surface area contributed by atoms with Gasteiger partial charge in [0, 0.05) is 32.7 Å². The molecular formula is C15H15Cl3N2O2S2. The molecule has 0 saturated carbocycles. The summed E-state index contributed by atoms with van der Waals surface area (Å²) in [5, 5.41) is 1.07. The minimum atomic E-state index is -3.45. The number of sulfonamides is 1. The van der Waals surface area contributed by atoms with Crippen molar-refractivity contribution in [3.8, 4) is 0 Å². The van der Waals surface area contributed by atoms with Crippen molar-refractivity contribution in [2.24, 2.45) is 0 Å². The van der Waals surface area contributed by atoms with Gasteiger partial charge in [-0.1, -0.05) is 40.9 Å². The fourth-order valence-electron chi connectivity index (χ4n) is 2.59. The zero-order valence-electron chi connectivity index (χ0n) is 12.6. The lowest BCUT2D eigenvalue weighted by atomic mass is 10.2. The average Bonchev–Trinajstić information content (AvgIpc) is 2.99. The van der Waals surface area contributed by atoms with Crippen LogP contribution in [0.3, 0.4) is 0 Å². The maximum absolute atomic E-state index is 12.6. The fourth-order valence-corrected chi connectivity index (χ4v) is 5.97. The van der Waals surface area contributed by atoms with Crippen LogP contribution in [0.5, 0.6) is 0 Å². The van der Waals surface area contributed by atoms with Crippen molar-refractivity contribution < 1.29 is 8.42 Å². The maximum atomic E-state index is 12.6. The Bertz CT molecular complexity index is 831. The summed E-state index contributed by atoms with van der Waals surface area (Å²) in [5.74, 6) is 0. The number of hydrogen-bond acceptors (Lipinski definition) is 4.